The average Bonchev–Trinajstić information content (AvgIpc) is 2.58. The van der Waals surface area contributed by atoms with Crippen molar-refractivity contribution in [3.05, 3.63) is 11.6 Å². The lowest BCUT2D eigenvalue weighted by atomic mass is 9.88. The van der Waals surface area contributed by atoms with Crippen LogP contribution in [0.3, 0.4) is 0 Å². The van der Waals surface area contributed by atoms with Crippen molar-refractivity contribution in [3.63, 3.8) is 0 Å². The van der Waals surface area contributed by atoms with Crippen LogP contribution in [0.15, 0.2) is 0 Å². The largest absolute Gasteiger partial charge is 0.330 e. The highest BCUT2D eigenvalue weighted by Crippen LogP contribution is 2.20. The van der Waals surface area contributed by atoms with Crippen LogP contribution in [0.1, 0.15) is 38.3 Å². The van der Waals surface area contributed by atoms with Crippen LogP contribution in [0.4, 0.5) is 0 Å². The van der Waals surface area contributed by atoms with Crippen LogP contribution < -0.4 is 5.73 Å². The van der Waals surface area contributed by atoms with Crippen molar-refractivity contribution in [1.29, 1.82) is 0 Å². The number of rotatable bonds is 6. The lowest BCUT2D eigenvalue weighted by Crippen LogP contribution is -2.15. The molecule has 0 bridgehead atoms. The third-order valence-corrected chi connectivity index (χ3v) is 2.86. The van der Waals surface area contributed by atoms with Gasteiger partial charge in [-0.05, 0) is 38.1 Å². The summed E-state index contributed by atoms with van der Waals surface area (Å²) < 4.78 is 0. The molecule has 0 aliphatic rings. The van der Waals surface area contributed by atoms with Gasteiger partial charge in [-0.2, -0.15) is 5.10 Å². The Hall–Kier alpha value is -0.900. The van der Waals surface area contributed by atoms with Crippen LogP contribution in [-0.4, -0.2) is 21.7 Å². The molecule has 4 heteroatoms. The number of nitrogens with zero attached hydrogens (tertiary/aromatic N) is 2. The Morgan fingerprint density at radius 1 is 1.33 bits per heavy atom. The van der Waals surface area contributed by atoms with E-state index in [9.17, 15) is 0 Å². The molecular weight excluding hydrogens is 188 g/mol. The second-order valence-electron chi connectivity index (χ2n) is 4.46. The van der Waals surface area contributed by atoms with Gasteiger partial charge in [0.2, 0.25) is 0 Å². The molecule has 0 aromatic carbocycles. The topological polar surface area (TPSA) is 67.6 Å². The van der Waals surface area contributed by atoms with E-state index >= 15 is 0 Å². The monoisotopic (exact) mass is 210 g/mol. The molecule has 15 heavy (non-hydrogen) atoms. The number of hydrogen-bond donors (Lipinski definition) is 2. The van der Waals surface area contributed by atoms with E-state index in [1.807, 2.05) is 6.92 Å². The lowest BCUT2D eigenvalue weighted by molar-refractivity contribution is 0.339. The van der Waals surface area contributed by atoms with Crippen molar-refractivity contribution in [2.24, 2.45) is 17.6 Å². The molecule has 0 spiro atoms. The first kappa shape index (κ1) is 12.2. The van der Waals surface area contributed by atoms with Crippen LogP contribution in [0, 0.1) is 18.8 Å². The Bertz CT molecular complexity index is 280. The number of H-pyrrole nitrogens is 1. The van der Waals surface area contributed by atoms with Crippen molar-refractivity contribution >= 4 is 0 Å². The van der Waals surface area contributed by atoms with Crippen molar-refractivity contribution in [2.75, 3.05) is 6.54 Å². The number of nitrogens with one attached hydrogen (secondary N) is 1. The highest BCUT2D eigenvalue weighted by molar-refractivity contribution is 4.88. The molecule has 0 radical (unpaired) electrons. The zero-order valence-electron chi connectivity index (χ0n) is 9.95. The molecule has 0 fully saturated rings. The maximum Gasteiger partial charge on any atom is 0.150 e. The van der Waals surface area contributed by atoms with Crippen molar-refractivity contribution in [1.82, 2.24) is 15.2 Å². The molecule has 0 aliphatic carbocycles. The lowest BCUT2D eigenvalue weighted by Gasteiger charge is -2.19. The summed E-state index contributed by atoms with van der Waals surface area (Å²) in [6.45, 7) is 7.21. The van der Waals surface area contributed by atoms with E-state index in [2.05, 4.69) is 29.0 Å². The summed E-state index contributed by atoms with van der Waals surface area (Å²) in [6.07, 6.45) is 3.18. The summed E-state index contributed by atoms with van der Waals surface area (Å²) in [5.74, 6) is 3.20. The molecule has 1 aromatic heterocycles. The van der Waals surface area contributed by atoms with E-state index in [0.29, 0.717) is 11.8 Å². The molecule has 4 nitrogen and oxygen atoms in total. The Morgan fingerprint density at radius 2 is 2.07 bits per heavy atom. The predicted octanol–water partition coefficient (Wildman–Crippen LogP) is 1.67. The number of nitrogens with two attached hydrogens (primary N) is 1. The highest BCUT2D eigenvalue weighted by Gasteiger charge is 2.13. The Labute approximate surface area is 91.7 Å². The molecule has 1 heterocycles. The van der Waals surface area contributed by atoms with E-state index in [4.69, 9.17) is 5.73 Å². The smallest absolute Gasteiger partial charge is 0.150 e. The van der Waals surface area contributed by atoms with E-state index in [0.717, 1.165) is 37.5 Å². The minimum absolute atomic E-state index is 0.689. The molecule has 1 aromatic rings. The van der Waals surface area contributed by atoms with Gasteiger partial charge in [0.1, 0.15) is 5.82 Å². The van der Waals surface area contributed by atoms with Gasteiger partial charge in [0.05, 0.1) is 0 Å². The number of aryl methyl sites for hydroxylation is 2. The second kappa shape index (κ2) is 5.85. The summed E-state index contributed by atoms with van der Waals surface area (Å²) in [7, 11) is 0. The van der Waals surface area contributed by atoms with Crippen LogP contribution in [0.5, 0.6) is 0 Å². The number of aromatic nitrogens is 3. The fourth-order valence-electron chi connectivity index (χ4n) is 1.84. The van der Waals surface area contributed by atoms with E-state index in [1.54, 1.807) is 0 Å². The molecule has 0 aliphatic heterocycles. The van der Waals surface area contributed by atoms with Crippen molar-refractivity contribution in [3.8, 4) is 0 Å². The molecule has 3 N–H and O–H groups in total. The van der Waals surface area contributed by atoms with Gasteiger partial charge < -0.3 is 5.73 Å². The molecule has 1 unspecified atom stereocenters. The summed E-state index contributed by atoms with van der Waals surface area (Å²) in [5, 5.41) is 7.01. The third kappa shape index (κ3) is 4.00. The van der Waals surface area contributed by atoms with Crippen LogP contribution in [0.25, 0.3) is 0 Å². The molecule has 0 amide bonds. The van der Waals surface area contributed by atoms with Crippen LogP contribution in [0.2, 0.25) is 0 Å². The van der Waals surface area contributed by atoms with E-state index in [1.165, 1.54) is 0 Å². The summed E-state index contributed by atoms with van der Waals surface area (Å²) in [6, 6.07) is 0. The van der Waals surface area contributed by atoms with Gasteiger partial charge in [0.15, 0.2) is 5.82 Å². The minimum atomic E-state index is 0.689. The summed E-state index contributed by atoms with van der Waals surface area (Å²) in [4.78, 5) is 4.30. The van der Waals surface area contributed by atoms with Gasteiger partial charge in [-0.1, -0.05) is 13.8 Å². The molecule has 0 saturated carbocycles. The fraction of sp³-hybridized carbons (Fsp3) is 0.818. The van der Waals surface area contributed by atoms with Crippen molar-refractivity contribution < 1.29 is 0 Å². The molecule has 1 rings (SSSR count). The first-order valence-electron chi connectivity index (χ1n) is 5.71. The van der Waals surface area contributed by atoms with Crippen LogP contribution in [-0.2, 0) is 6.42 Å². The first-order valence-corrected chi connectivity index (χ1v) is 5.71. The minimum Gasteiger partial charge on any atom is -0.330 e. The third-order valence-electron chi connectivity index (χ3n) is 2.86. The van der Waals surface area contributed by atoms with Gasteiger partial charge in [-0.25, -0.2) is 4.98 Å². The molecule has 0 saturated heterocycles. The summed E-state index contributed by atoms with van der Waals surface area (Å²) in [5.41, 5.74) is 5.60. The van der Waals surface area contributed by atoms with Gasteiger partial charge in [-0.15, -0.1) is 0 Å². The first-order chi connectivity index (χ1) is 7.13. The van der Waals surface area contributed by atoms with Gasteiger partial charge >= 0.3 is 0 Å². The van der Waals surface area contributed by atoms with Gasteiger partial charge in [0.25, 0.3) is 0 Å². The van der Waals surface area contributed by atoms with Crippen LogP contribution >= 0.6 is 0 Å². The zero-order valence-corrected chi connectivity index (χ0v) is 9.95. The Balaban J connectivity index is 2.39. The van der Waals surface area contributed by atoms with E-state index in [-0.39, 0.29) is 0 Å². The predicted molar refractivity (Wildman–Crippen MR) is 61.4 cm³/mol. The second-order valence-corrected chi connectivity index (χ2v) is 4.46. The SMILES string of the molecule is Cc1nc(CCC(CCN)C(C)C)n[nH]1. The standard InChI is InChI=1S/C11H22N4/c1-8(2)10(6-7-12)4-5-11-13-9(3)14-15-11/h8,10H,4-7,12H2,1-3H3,(H,13,14,15). The van der Waals surface area contributed by atoms with Crippen molar-refractivity contribution in [2.45, 2.75) is 40.0 Å². The fourth-order valence-corrected chi connectivity index (χ4v) is 1.84. The quantitative estimate of drug-likeness (QED) is 0.750. The summed E-state index contributed by atoms with van der Waals surface area (Å²) >= 11 is 0. The Kier molecular flexibility index (Phi) is 4.75. The molecule has 86 valence electrons. The maximum absolute atomic E-state index is 5.60. The average molecular weight is 210 g/mol. The van der Waals surface area contributed by atoms with E-state index < -0.39 is 0 Å². The normalized spacial score (nSPS) is 13.4. The van der Waals surface area contributed by atoms with Gasteiger partial charge in [-0.3, -0.25) is 5.10 Å². The molecule has 1 atom stereocenters. The maximum atomic E-state index is 5.60. The Morgan fingerprint density at radius 3 is 2.53 bits per heavy atom. The highest BCUT2D eigenvalue weighted by atomic mass is 15.2. The molecular formula is C11H22N4. The zero-order chi connectivity index (χ0) is 11.3. The van der Waals surface area contributed by atoms with Gasteiger partial charge in [0, 0.05) is 6.42 Å². The number of hydrogen-bond acceptors (Lipinski definition) is 3. The number of aromatic amines is 1.